The Morgan fingerprint density at radius 3 is 2.56 bits per heavy atom. The minimum atomic E-state index is -0.116. The van der Waals surface area contributed by atoms with Crippen molar-refractivity contribution < 1.29 is 14.3 Å². The quantitative estimate of drug-likeness (QED) is 0.326. The second-order valence-corrected chi connectivity index (χ2v) is 7.97. The molecule has 27 heavy (non-hydrogen) atoms. The summed E-state index contributed by atoms with van der Waals surface area (Å²) in [5.41, 5.74) is 0.963. The molecule has 0 N–H and O–H groups in total. The third kappa shape index (κ3) is 7.67. The Kier molecular flexibility index (Phi) is 9.36. The van der Waals surface area contributed by atoms with Gasteiger partial charge in [0.05, 0.1) is 6.61 Å². The van der Waals surface area contributed by atoms with Gasteiger partial charge >= 0.3 is 5.97 Å². The van der Waals surface area contributed by atoms with Gasteiger partial charge in [-0.2, -0.15) is 0 Å². The second kappa shape index (κ2) is 11.5. The van der Waals surface area contributed by atoms with Crippen LogP contribution in [0.5, 0.6) is 0 Å². The number of rotatable bonds is 10. The summed E-state index contributed by atoms with van der Waals surface area (Å²) in [6, 6.07) is 5.46. The number of allylic oxidation sites excluding steroid dienone is 1. The lowest BCUT2D eigenvalue weighted by Crippen LogP contribution is -2.13. The van der Waals surface area contributed by atoms with Gasteiger partial charge in [-0.3, -0.25) is 9.59 Å². The molecule has 0 unspecified atom stereocenters. The molecule has 1 aliphatic carbocycles. The van der Waals surface area contributed by atoms with E-state index >= 15 is 0 Å². The van der Waals surface area contributed by atoms with Gasteiger partial charge in [-0.15, -0.1) is 0 Å². The van der Waals surface area contributed by atoms with Crippen molar-refractivity contribution in [3.05, 3.63) is 39.9 Å². The van der Waals surface area contributed by atoms with Crippen LogP contribution in [-0.4, -0.2) is 18.4 Å². The van der Waals surface area contributed by atoms with Crippen molar-refractivity contribution in [2.24, 2.45) is 11.8 Å². The van der Waals surface area contributed by atoms with Crippen LogP contribution in [0.1, 0.15) is 63.9 Å². The Labute approximate surface area is 172 Å². The molecule has 0 saturated heterocycles. The van der Waals surface area contributed by atoms with Gasteiger partial charge in [-0.25, -0.2) is 0 Å². The number of hydrogen-bond donors (Lipinski definition) is 0. The van der Waals surface area contributed by atoms with Crippen molar-refractivity contribution in [2.45, 2.75) is 58.3 Å². The molecular weight excluding hydrogens is 383 g/mol. The van der Waals surface area contributed by atoms with Gasteiger partial charge in [0, 0.05) is 28.8 Å². The van der Waals surface area contributed by atoms with E-state index in [0.717, 1.165) is 44.1 Å². The van der Waals surface area contributed by atoms with Crippen LogP contribution in [0, 0.1) is 11.8 Å². The maximum atomic E-state index is 12.2. The standard InChI is InChI=1S/C22H28Cl2O3/c1-2-27-22(26)8-6-4-3-5-7-20-17(11-12-21(20)25)10-9-16-13-18(23)15-19(24)14-16/h9-10,13-15,17,20H,2-8,11-12H2,1H3/t17-,20+/m1/s1. The molecule has 5 heteroatoms. The molecule has 0 bridgehead atoms. The highest BCUT2D eigenvalue weighted by Gasteiger charge is 2.32. The lowest BCUT2D eigenvalue weighted by Gasteiger charge is -2.15. The number of halogens is 2. The number of ketones is 1. The zero-order chi connectivity index (χ0) is 19.6. The molecule has 0 aliphatic heterocycles. The summed E-state index contributed by atoms with van der Waals surface area (Å²) >= 11 is 12.1. The summed E-state index contributed by atoms with van der Waals surface area (Å²) < 4.78 is 4.93. The summed E-state index contributed by atoms with van der Waals surface area (Å²) in [6.45, 7) is 2.27. The Hall–Kier alpha value is -1.32. The Morgan fingerprint density at radius 2 is 1.85 bits per heavy atom. The molecule has 1 aromatic rings. The van der Waals surface area contributed by atoms with Gasteiger partial charge in [-0.1, -0.05) is 54.6 Å². The van der Waals surface area contributed by atoms with Crippen molar-refractivity contribution >= 4 is 41.0 Å². The van der Waals surface area contributed by atoms with Crippen LogP contribution in [0.15, 0.2) is 24.3 Å². The zero-order valence-electron chi connectivity index (χ0n) is 15.9. The van der Waals surface area contributed by atoms with Crippen LogP contribution >= 0.6 is 23.2 Å². The molecule has 1 aliphatic rings. The van der Waals surface area contributed by atoms with Gasteiger partial charge in [0.15, 0.2) is 0 Å². The van der Waals surface area contributed by atoms with Gasteiger partial charge < -0.3 is 4.74 Å². The Morgan fingerprint density at radius 1 is 1.15 bits per heavy atom. The molecule has 1 fully saturated rings. The number of esters is 1. The fourth-order valence-corrected chi connectivity index (χ4v) is 4.21. The third-order valence-electron chi connectivity index (χ3n) is 5.03. The first-order valence-electron chi connectivity index (χ1n) is 9.82. The number of hydrogen-bond acceptors (Lipinski definition) is 3. The molecule has 0 radical (unpaired) electrons. The molecule has 0 spiro atoms. The van der Waals surface area contributed by atoms with Crippen LogP contribution in [0.2, 0.25) is 10.0 Å². The van der Waals surface area contributed by atoms with Crippen molar-refractivity contribution in [3.63, 3.8) is 0 Å². The van der Waals surface area contributed by atoms with Crippen LogP contribution < -0.4 is 0 Å². The van der Waals surface area contributed by atoms with Crippen LogP contribution in [-0.2, 0) is 14.3 Å². The lowest BCUT2D eigenvalue weighted by molar-refractivity contribution is -0.143. The second-order valence-electron chi connectivity index (χ2n) is 7.10. The van der Waals surface area contributed by atoms with Gasteiger partial charge in [-0.05, 0) is 55.9 Å². The molecule has 148 valence electrons. The molecule has 1 saturated carbocycles. The van der Waals surface area contributed by atoms with E-state index in [-0.39, 0.29) is 17.8 Å². The van der Waals surface area contributed by atoms with Crippen molar-refractivity contribution in [2.75, 3.05) is 6.61 Å². The van der Waals surface area contributed by atoms with Crippen molar-refractivity contribution in [3.8, 4) is 0 Å². The average molecular weight is 411 g/mol. The van der Waals surface area contributed by atoms with Gasteiger partial charge in [0.2, 0.25) is 0 Å². The lowest BCUT2D eigenvalue weighted by atomic mass is 9.89. The van der Waals surface area contributed by atoms with E-state index in [4.69, 9.17) is 27.9 Å². The minimum absolute atomic E-state index is 0.112. The van der Waals surface area contributed by atoms with E-state index in [1.54, 1.807) is 6.07 Å². The number of ether oxygens (including phenoxy) is 1. The smallest absolute Gasteiger partial charge is 0.305 e. The van der Waals surface area contributed by atoms with Crippen molar-refractivity contribution in [1.82, 2.24) is 0 Å². The van der Waals surface area contributed by atoms with Crippen LogP contribution in [0.4, 0.5) is 0 Å². The Balaban J connectivity index is 1.77. The molecule has 0 amide bonds. The third-order valence-corrected chi connectivity index (χ3v) is 5.46. The predicted molar refractivity (Wildman–Crippen MR) is 111 cm³/mol. The van der Waals surface area contributed by atoms with E-state index in [1.165, 1.54) is 0 Å². The fraction of sp³-hybridized carbons (Fsp3) is 0.545. The number of carbonyl (C=O) groups excluding carboxylic acids is 2. The maximum absolute atomic E-state index is 12.2. The number of unbranched alkanes of at least 4 members (excludes halogenated alkanes) is 3. The molecule has 2 rings (SSSR count). The SMILES string of the molecule is CCOC(=O)CCCCCC[C@@H]1C(=O)CC[C@H]1C=Cc1cc(Cl)cc(Cl)c1. The topological polar surface area (TPSA) is 43.4 Å². The largest absolute Gasteiger partial charge is 0.466 e. The van der Waals surface area contributed by atoms with Crippen molar-refractivity contribution in [1.29, 1.82) is 0 Å². The highest BCUT2D eigenvalue weighted by Crippen LogP contribution is 2.34. The molecular formula is C22H28Cl2O3. The molecule has 1 aromatic carbocycles. The van der Waals surface area contributed by atoms with Gasteiger partial charge in [0.25, 0.3) is 0 Å². The van der Waals surface area contributed by atoms with Gasteiger partial charge in [0.1, 0.15) is 5.78 Å². The van der Waals surface area contributed by atoms with Crippen LogP contribution in [0.3, 0.4) is 0 Å². The maximum Gasteiger partial charge on any atom is 0.305 e. The highest BCUT2D eigenvalue weighted by atomic mass is 35.5. The predicted octanol–water partition coefficient (Wildman–Crippen LogP) is 6.51. The van der Waals surface area contributed by atoms with E-state index < -0.39 is 0 Å². The van der Waals surface area contributed by atoms with E-state index in [9.17, 15) is 9.59 Å². The number of Topliss-reactive ketones (excluding diaryl/α,β-unsaturated/α-hetero) is 1. The van der Waals surface area contributed by atoms with E-state index in [1.807, 2.05) is 25.1 Å². The Bertz CT molecular complexity index is 649. The normalized spacial score (nSPS) is 19.7. The first-order valence-corrected chi connectivity index (χ1v) is 10.6. The average Bonchev–Trinajstić information content (AvgIpc) is 2.95. The highest BCUT2D eigenvalue weighted by molar-refractivity contribution is 6.34. The molecule has 3 nitrogen and oxygen atoms in total. The molecule has 2 atom stereocenters. The fourth-order valence-electron chi connectivity index (χ4n) is 3.67. The first-order chi connectivity index (χ1) is 13.0. The zero-order valence-corrected chi connectivity index (χ0v) is 17.4. The summed E-state index contributed by atoms with van der Waals surface area (Å²) in [4.78, 5) is 23.6. The number of carbonyl (C=O) groups is 2. The molecule has 0 heterocycles. The summed E-state index contributed by atoms with van der Waals surface area (Å²) in [5, 5.41) is 1.23. The monoisotopic (exact) mass is 410 g/mol. The first kappa shape index (κ1) is 22.0. The minimum Gasteiger partial charge on any atom is -0.466 e. The van der Waals surface area contributed by atoms with Crippen LogP contribution in [0.25, 0.3) is 6.08 Å². The number of benzene rings is 1. The molecule has 0 aromatic heterocycles. The van der Waals surface area contributed by atoms with E-state index in [0.29, 0.717) is 35.3 Å². The summed E-state index contributed by atoms with van der Waals surface area (Å²) in [7, 11) is 0. The van der Waals surface area contributed by atoms with E-state index in [2.05, 4.69) is 6.08 Å². The summed E-state index contributed by atoms with van der Waals surface area (Å²) in [6.07, 6.45) is 11.1. The summed E-state index contributed by atoms with van der Waals surface area (Å²) in [5.74, 6) is 0.658.